The number of aliphatic imine (C=N–C) groups is 1. The van der Waals surface area contributed by atoms with E-state index in [1.807, 2.05) is 27.0 Å². The maximum absolute atomic E-state index is 4.15. The van der Waals surface area contributed by atoms with E-state index in [4.69, 9.17) is 0 Å². The van der Waals surface area contributed by atoms with Crippen LogP contribution in [0.4, 0.5) is 0 Å². The fourth-order valence-corrected chi connectivity index (χ4v) is 1.62. The third-order valence-corrected chi connectivity index (χ3v) is 2.51. The Kier molecular flexibility index (Phi) is 8.64. The van der Waals surface area contributed by atoms with Crippen LogP contribution in [-0.4, -0.2) is 43.3 Å². The fourth-order valence-electron chi connectivity index (χ4n) is 1.62. The Bertz CT molecular complexity index is 269. The van der Waals surface area contributed by atoms with E-state index in [9.17, 15) is 0 Å². The second kappa shape index (κ2) is 9.14. The first-order valence-electron chi connectivity index (χ1n) is 6.41. The molecule has 0 amide bonds. The zero-order chi connectivity index (χ0) is 13.3. The number of piperazine rings is 1. The van der Waals surface area contributed by atoms with E-state index < -0.39 is 0 Å². The highest BCUT2D eigenvalue weighted by Crippen LogP contribution is 2.04. The molecule has 3 nitrogen and oxygen atoms in total. The van der Waals surface area contributed by atoms with E-state index in [1.54, 1.807) is 0 Å². The van der Waals surface area contributed by atoms with Crippen molar-refractivity contribution in [2.24, 2.45) is 4.99 Å². The first-order valence-corrected chi connectivity index (χ1v) is 6.41. The van der Waals surface area contributed by atoms with Crippen molar-refractivity contribution in [3.05, 3.63) is 24.4 Å². The molecule has 3 heteroatoms. The van der Waals surface area contributed by atoms with E-state index in [1.165, 1.54) is 0 Å². The van der Waals surface area contributed by atoms with Crippen LogP contribution in [0, 0.1) is 0 Å². The molecule has 1 saturated heterocycles. The summed E-state index contributed by atoms with van der Waals surface area (Å²) in [5, 5.41) is 3.37. The Labute approximate surface area is 106 Å². The van der Waals surface area contributed by atoms with Gasteiger partial charge in [-0.2, -0.15) is 0 Å². The van der Waals surface area contributed by atoms with Crippen LogP contribution in [0.3, 0.4) is 0 Å². The Hall–Kier alpha value is -0.930. The molecule has 1 unspecified atom stereocenters. The van der Waals surface area contributed by atoms with Crippen LogP contribution in [0.15, 0.2) is 29.4 Å². The largest absolute Gasteiger partial charge is 0.314 e. The van der Waals surface area contributed by atoms with Crippen molar-refractivity contribution >= 4 is 6.21 Å². The predicted molar refractivity (Wildman–Crippen MR) is 77.7 cm³/mol. The van der Waals surface area contributed by atoms with Crippen LogP contribution >= 0.6 is 0 Å². The lowest BCUT2D eigenvalue weighted by molar-refractivity contribution is 0.191. The molecule has 1 aliphatic rings. The minimum absolute atomic E-state index is 0.578. The number of nitrogens with zero attached hydrogens (tertiary/aromatic N) is 2. The van der Waals surface area contributed by atoms with E-state index in [0.29, 0.717) is 6.04 Å². The highest BCUT2D eigenvalue weighted by atomic mass is 15.2. The van der Waals surface area contributed by atoms with Gasteiger partial charge in [0.1, 0.15) is 0 Å². The van der Waals surface area contributed by atoms with Crippen LogP contribution < -0.4 is 5.32 Å². The van der Waals surface area contributed by atoms with Crippen molar-refractivity contribution in [1.82, 2.24) is 10.2 Å². The monoisotopic (exact) mass is 237 g/mol. The minimum atomic E-state index is 0.578. The van der Waals surface area contributed by atoms with Crippen LogP contribution in [0.1, 0.15) is 27.7 Å². The predicted octanol–water partition coefficient (Wildman–Crippen LogP) is 2.47. The molecule has 1 aliphatic heterocycles. The van der Waals surface area contributed by atoms with Crippen molar-refractivity contribution in [3.8, 4) is 0 Å². The van der Waals surface area contributed by atoms with Gasteiger partial charge in [0.15, 0.2) is 0 Å². The topological polar surface area (TPSA) is 27.6 Å². The smallest absolute Gasteiger partial charge is 0.0309 e. The standard InChI is InChI=1S/C12H21N3.C2H6/c1-10(2)14-7-11(3)9-15-6-5-13-8-12(15)4;1-2/h7,12-13H,1,3,5-6,8-9H2,2,4H3;1-2H3. The molecule has 0 bridgehead atoms. The first-order chi connectivity index (χ1) is 8.09. The first kappa shape index (κ1) is 16.1. The summed E-state index contributed by atoms with van der Waals surface area (Å²) in [5.74, 6) is 0. The van der Waals surface area contributed by atoms with Crippen molar-refractivity contribution in [2.75, 3.05) is 26.2 Å². The molecule has 1 rings (SSSR count). The molecule has 98 valence electrons. The Balaban J connectivity index is 0.00000121. The molecule has 0 radical (unpaired) electrons. The molecular weight excluding hydrogens is 210 g/mol. The van der Waals surface area contributed by atoms with E-state index in [-0.39, 0.29) is 0 Å². The summed E-state index contributed by atoms with van der Waals surface area (Å²) in [6.07, 6.45) is 1.82. The van der Waals surface area contributed by atoms with Gasteiger partial charge in [0, 0.05) is 44.1 Å². The Morgan fingerprint density at radius 2 is 2.12 bits per heavy atom. The molecule has 1 atom stereocenters. The van der Waals surface area contributed by atoms with E-state index in [2.05, 4.69) is 35.3 Å². The lowest BCUT2D eigenvalue weighted by Crippen LogP contribution is -2.50. The molecule has 0 aliphatic carbocycles. The molecule has 0 aromatic heterocycles. The second-order valence-corrected chi connectivity index (χ2v) is 4.18. The molecule has 17 heavy (non-hydrogen) atoms. The molecule has 1 N–H and O–H groups in total. The lowest BCUT2D eigenvalue weighted by Gasteiger charge is -2.33. The van der Waals surface area contributed by atoms with Crippen molar-refractivity contribution in [3.63, 3.8) is 0 Å². The summed E-state index contributed by atoms with van der Waals surface area (Å²) < 4.78 is 0. The average Bonchev–Trinajstić information content (AvgIpc) is 2.32. The quantitative estimate of drug-likeness (QED) is 0.761. The normalized spacial score (nSPS) is 20.8. The van der Waals surface area contributed by atoms with Gasteiger partial charge in [-0.25, -0.2) is 0 Å². The van der Waals surface area contributed by atoms with Crippen molar-refractivity contribution in [1.29, 1.82) is 0 Å². The van der Waals surface area contributed by atoms with Gasteiger partial charge in [-0.15, -0.1) is 0 Å². The van der Waals surface area contributed by atoms with Gasteiger partial charge in [-0.1, -0.05) is 27.0 Å². The summed E-state index contributed by atoms with van der Waals surface area (Å²) in [4.78, 5) is 6.57. The molecule has 0 saturated carbocycles. The maximum Gasteiger partial charge on any atom is 0.0309 e. The zero-order valence-electron chi connectivity index (χ0n) is 11.8. The van der Waals surface area contributed by atoms with Crippen LogP contribution in [0.25, 0.3) is 0 Å². The molecule has 1 fully saturated rings. The van der Waals surface area contributed by atoms with Gasteiger partial charge in [-0.05, 0) is 19.4 Å². The van der Waals surface area contributed by atoms with Gasteiger partial charge < -0.3 is 5.32 Å². The van der Waals surface area contributed by atoms with Crippen LogP contribution in [0.2, 0.25) is 0 Å². The SMILES string of the molecule is C=C(C=NC(=C)C)CN1CCNCC1C.CC. The summed E-state index contributed by atoms with van der Waals surface area (Å²) in [6.45, 7) is 20.0. The third kappa shape index (κ3) is 7.08. The summed E-state index contributed by atoms with van der Waals surface area (Å²) in [7, 11) is 0. The Morgan fingerprint density at radius 3 is 2.65 bits per heavy atom. The van der Waals surface area contributed by atoms with Gasteiger partial charge in [0.25, 0.3) is 0 Å². The van der Waals surface area contributed by atoms with Crippen LogP contribution in [-0.2, 0) is 0 Å². The number of allylic oxidation sites excluding steroid dienone is 1. The van der Waals surface area contributed by atoms with E-state index >= 15 is 0 Å². The highest BCUT2D eigenvalue weighted by molar-refractivity contribution is 5.78. The molecule has 0 spiro atoms. The molecule has 0 aromatic carbocycles. The number of rotatable bonds is 4. The number of nitrogens with one attached hydrogen (secondary N) is 1. The van der Waals surface area contributed by atoms with Crippen LogP contribution in [0.5, 0.6) is 0 Å². The Morgan fingerprint density at radius 1 is 1.47 bits per heavy atom. The number of hydrogen-bond acceptors (Lipinski definition) is 3. The van der Waals surface area contributed by atoms with Gasteiger partial charge in [0.2, 0.25) is 0 Å². The molecule has 1 heterocycles. The fraction of sp³-hybridized carbons (Fsp3) is 0.643. The van der Waals surface area contributed by atoms with Crippen molar-refractivity contribution in [2.45, 2.75) is 33.7 Å². The zero-order valence-corrected chi connectivity index (χ0v) is 11.8. The maximum atomic E-state index is 4.15. The van der Waals surface area contributed by atoms with Gasteiger partial charge in [-0.3, -0.25) is 9.89 Å². The highest BCUT2D eigenvalue weighted by Gasteiger charge is 2.17. The third-order valence-electron chi connectivity index (χ3n) is 2.51. The van der Waals surface area contributed by atoms with Crippen molar-refractivity contribution < 1.29 is 0 Å². The minimum Gasteiger partial charge on any atom is -0.314 e. The summed E-state index contributed by atoms with van der Waals surface area (Å²) >= 11 is 0. The lowest BCUT2D eigenvalue weighted by atomic mass is 10.2. The molecule has 0 aromatic rings. The summed E-state index contributed by atoms with van der Waals surface area (Å²) in [5.41, 5.74) is 1.87. The molecular formula is C14H27N3. The van der Waals surface area contributed by atoms with Gasteiger partial charge >= 0.3 is 0 Å². The average molecular weight is 237 g/mol. The number of hydrogen-bond donors (Lipinski definition) is 1. The van der Waals surface area contributed by atoms with Gasteiger partial charge in [0.05, 0.1) is 0 Å². The second-order valence-electron chi connectivity index (χ2n) is 4.18. The van der Waals surface area contributed by atoms with E-state index in [0.717, 1.165) is 37.4 Å². The summed E-state index contributed by atoms with van der Waals surface area (Å²) in [6, 6.07) is 0.578.